The number of halogens is 4. The van der Waals surface area contributed by atoms with Crippen LogP contribution in [0.25, 0.3) is 11.3 Å². The number of alkyl halides is 2. The van der Waals surface area contributed by atoms with Crippen LogP contribution < -0.4 is 15.7 Å². The normalized spacial score (nSPS) is 22.8. The maximum atomic E-state index is 15.2. The molecule has 3 fully saturated rings. The minimum absolute atomic E-state index is 0.0364. The lowest BCUT2D eigenvalue weighted by atomic mass is 10.0. The van der Waals surface area contributed by atoms with Gasteiger partial charge >= 0.3 is 6.09 Å². The lowest BCUT2D eigenvalue weighted by molar-refractivity contribution is -0.148. The van der Waals surface area contributed by atoms with Gasteiger partial charge in [0.05, 0.1) is 18.7 Å². The van der Waals surface area contributed by atoms with E-state index in [2.05, 4.69) is 20.8 Å². The van der Waals surface area contributed by atoms with E-state index in [1.165, 1.54) is 6.07 Å². The summed E-state index contributed by atoms with van der Waals surface area (Å²) >= 11 is 0. The van der Waals surface area contributed by atoms with Crippen LogP contribution in [-0.2, 0) is 16.2 Å². The Morgan fingerprint density at radius 1 is 1.08 bits per heavy atom. The van der Waals surface area contributed by atoms with E-state index < -0.39 is 42.5 Å². The van der Waals surface area contributed by atoms with Crippen molar-refractivity contribution >= 4 is 11.8 Å². The zero-order valence-electron chi connectivity index (χ0n) is 20.1. The van der Waals surface area contributed by atoms with Gasteiger partial charge in [0, 0.05) is 23.7 Å². The zero-order chi connectivity index (χ0) is 26.4. The molecule has 0 spiro atoms. The molecule has 6 rings (SSSR count). The summed E-state index contributed by atoms with van der Waals surface area (Å²) in [6.07, 6.45) is -0.819. The molecule has 3 heterocycles. The highest BCUT2D eigenvalue weighted by Gasteiger charge is 2.46. The van der Waals surface area contributed by atoms with Crippen LogP contribution in [0.4, 0.5) is 28.0 Å². The molecule has 200 valence electrons. The fourth-order valence-corrected chi connectivity index (χ4v) is 4.90. The number of amides is 1. The van der Waals surface area contributed by atoms with Gasteiger partial charge in [0.15, 0.2) is 0 Å². The van der Waals surface area contributed by atoms with Crippen molar-refractivity contribution in [2.24, 2.45) is 0 Å². The number of hydrogen-bond acceptors (Lipinski definition) is 7. The fourth-order valence-electron chi connectivity index (χ4n) is 4.90. The molecule has 1 aliphatic carbocycles. The largest absolute Gasteiger partial charge is 0.427 e. The van der Waals surface area contributed by atoms with Crippen molar-refractivity contribution in [2.45, 2.75) is 50.0 Å². The van der Waals surface area contributed by atoms with E-state index in [0.29, 0.717) is 29.1 Å². The van der Waals surface area contributed by atoms with E-state index in [1.54, 1.807) is 29.2 Å². The quantitative estimate of drug-likeness (QED) is 0.406. The van der Waals surface area contributed by atoms with Crippen molar-refractivity contribution in [2.75, 3.05) is 18.0 Å². The highest BCUT2D eigenvalue weighted by Crippen LogP contribution is 2.45. The van der Waals surface area contributed by atoms with Gasteiger partial charge in [-0.25, -0.2) is 22.4 Å². The van der Waals surface area contributed by atoms with Gasteiger partial charge < -0.3 is 19.0 Å². The summed E-state index contributed by atoms with van der Waals surface area (Å²) in [5.74, 6) is -4.35. The number of benzene rings is 2. The van der Waals surface area contributed by atoms with Crippen LogP contribution in [0.3, 0.4) is 0 Å². The molecular weight excluding hydrogens is 508 g/mol. The van der Waals surface area contributed by atoms with Crippen LogP contribution in [0.5, 0.6) is 0 Å². The number of nitrogens with zero attached hydrogens (tertiary/aromatic N) is 2. The molecule has 2 saturated heterocycles. The first-order valence-corrected chi connectivity index (χ1v) is 12.3. The van der Waals surface area contributed by atoms with Crippen LogP contribution in [0.15, 0.2) is 47.0 Å². The Kier molecular flexibility index (Phi) is 6.23. The minimum atomic E-state index is -3.19. The smallest absolute Gasteiger partial charge is 0.367 e. The first kappa shape index (κ1) is 24.7. The first-order valence-electron chi connectivity index (χ1n) is 12.3. The van der Waals surface area contributed by atoms with Crippen LogP contribution in [-0.4, -0.2) is 36.4 Å². The average molecular weight is 532 g/mol. The van der Waals surface area contributed by atoms with Gasteiger partial charge in [-0.15, -0.1) is 5.48 Å². The lowest BCUT2D eigenvalue weighted by Gasteiger charge is -2.39. The van der Waals surface area contributed by atoms with E-state index in [4.69, 9.17) is 9.26 Å². The van der Waals surface area contributed by atoms with Crippen LogP contribution in [0.1, 0.15) is 48.2 Å². The molecule has 3 aliphatic rings. The second-order valence-corrected chi connectivity index (χ2v) is 9.69. The number of anilines is 1. The summed E-state index contributed by atoms with van der Waals surface area (Å²) < 4.78 is 70.5. The van der Waals surface area contributed by atoms with Crippen molar-refractivity contribution in [3.05, 3.63) is 71.0 Å². The SMILES string of the molecule is O=C1NC(c2ccc(N3CCC(OCc4c(-c5c(F)cccc5F)noc4C4CC4)C(F)(F)C3)cc2)NO1. The third kappa shape index (κ3) is 4.69. The Labute approximate surface area is 214 Å². The predicted octanol–water partition coefficient (Wildman–Crippen LogP) is 5.17. The van der Waals surface area contributed by atoms with Crippen molar-refractivity contribution < 1.29 is 36.5 Å². The molecule has 1 amide bonds. The third-order valence-electron chi connectivity index (χ3n) is 7.05. The number of nitrogens with one attached hydrogen (secondary N) is 2. The van der Waals surface area contributed by atoms with Gasteiger partial charge in [-0.3, -0.25) is 5.32 Å². The van der Waals surface area contributed by atoms with Gasteiger partial charge in [-0.05, 0) is 49.1 Å². The Morgan fingerprint density at radius 2 is 1.82 bits per heavy atom. The van der Waals surface area contributed by atoms with Crippen LogP contribution in [0, 0.1) is 11.6 Å². The van der Waals surface area contributed by atoms with Gasteiger partial charge in [0.25, 0.3) is 5.92 Å². The zero-order valence-corrected chi connectivity index (χ0v) is 20.1. The van der Waals surface area contributed by atoms with Crippen molar-refractivity contribution in [1.29, 1.82) is 0 Å². The highest BCUT2D eigenvalue weighted by atomic mass is 19.3. The van der Waals surface area contributed by atoms with Gasteiger partial charge in [0.2, 0.25) is 0 Å². The molecule has 2 aliphatic heterocycles. The molecule has 38 heavy (non-hydrogen) atoms. The van der Waals surface area contributed by atoms with Gasteiger partial charge in [-0.2, -0.15) is 0 Å². The molecule has 2 aromatic carbocycles. The molecule has 1 aromatic heterocycles. The Bertz CT molecular complexity index is 1330. The van der Waals surface area contributed by atoms with E-state index in [1.807, 2.05) is 0 Å². The molecule has 2 atom stereocenters. The Morgan fingerprint density at radius 3 is 2.45 bits per heavy atom. The van der Waals surface area contributed by atoms with Crippen molar-refractivity contribution in [1.82, 2.24) is 16.0 Å². The molecule has 1 saturated carbocycles. The molecule has 12 heteroatoms. The Hall–Kier alpha value is -3.64. The van der Waals surface area contributed by atoms with Crippen LogP contribution in [0.2, 0.25) is 0 Å². The molecule has 0 bridgehead atoms. The summed E-state index contributed by atoms with van der Waals surface area (Å²) in [7, 11) is 0. The lowest BCUT2D eigenvalue weighted by Crippen LogP contribution is -2.52. The van der Waals surface area contributed by atoms with E-state index >= 15 is 8.78 Å². The van der Waals surface area contributed by atoms with Gasteiger partial charge in [0.1, 0.15) is 35.4 Å². The van der Waals surface area contributed by atoms with E-state index in [9.17, 15) is 13.6 Å². The minimum Gasteiger partial charge on any atom is -0.367 e. The first-order chi connectivity index (χ1) is 18.3. The number of carbonyl (C=O) groups excluding carboxylic acids is 1. The predicted molar refractivity (Wildman–Crippen MR) is 126 cm³/mol. The van der Waals surface area contributed by atoms with Crippen LogP contribution >= 0.6 is 0 Å². The number of hydrogen-bond donors (Lipinski definition) is 2. The number of aromatic nitrogens is 1. The molecule has 2 unspecified atom stereocenters. The van der Waals surface area contributed by atoms with E-state index in [0.717, 1.165) is 25.0 Å². The number of piperidine rings is 1. The van der Waals surface area contributed by atoms with Crippen molar-refractivity contribution in [3.63, 3.8) is 0 Å². The summed E-state index contributed by atoms with van der Waals surface area (Å²) in [6, 6.07) is 10.3. The molecule has 3 aromatic rings. The van der Waals surface area contributed by atoms with Gasteiger partial charge in [-0.1, -0.05) is 23.4 Å². The average Bonchev–Trinajstić information content (AvgIpc) is 3.51. The second kappa shape index (κ2) is 9.59. The third-order valence-corrected chi connectivity index (χ3v) is 7.05. The van der Waals surface area contributed by atoms with Crippen molar-refractivity contribution in [3.8, 4) is 11.3 Å². The number of ether oxygens (including phenoxy) is 1. The summed E-state index contributed by atoms with van der Waals surface area (Å²) in [5.41, 5.74) is 3.75. The molecular formula is C26H24F4N4O4. The van der Waals surface area contributed by atoms with E-state index in [-0.39, 0.29) is 30.2 Å². The summed E-state index contributed by atoms with van der Waals surface area (Å²) in [6.45, 7) is -0.545. The number of carbonyl (C=O) groups is 1. The monoisotopic (exact) mass is 532 g/mol. The fraction of sp³-hybridized carbons (Fsp3) is 0.385. The molecule has 2 N–H and O–H groups in total. The molecule has 8 nitrogen and oxygen atoms in total. The maximum Gasteiger partial charge on any atom is 0.427 e. The second-order valence-electron chi connectivity index (χ2n) is 9.69. The topological polar surface area (TPSA) is 88.9 Å². The summed E-state index contributed by atoms with van der Waals surface area (Å²) in [4.78, 5) is 17.4. The Balaban J connectivity index is 1.15. The highest BCUT2D eigenvalue weighted by molar-refractivity contribution is 5.69. The maximum absolute atomic E-state index is 15.2. The number of hydroxylamine groups is 1. The number of rotatable bonds is 7. The summed E-state index contributed by atoms with van der Waals surface area (Å²) in [5, 5.41) is 6.47. The molecule has 0 radical (unpaired) electrons. The standard InChI is InChI=1S/C26H24F4N4O4/c27-18-2-1-3-19(28)21(18)22-17(23(37-32-22)14-4-5-14)12-36-20-10-11-34(13-26(20,29)30)16-8-6-15(7-9-16)24-31-25(35)38-33-24/h1-3,6-9,14,20,24,33H,4-5,10-13H2,(H,31,35).